The summed E-state index contributed by atoms with van der Waals surface area (Å²) < 4.78 is 23.7. The third kappa shape index (κ3) is 3.30. The number of nitrogens with two attached hydrogens (primary N) is 2. The summed E-state index contributed by atoms with van der Waals surface area (Å²) in [7, 11) is -4.18. The van der Waals surface area contributed by atoms with E-state index < -0.39 is 16.5 Å². The average Bonchev–Trinajstić information content (AvgIpc) is 2.97. The fourth-order valence-electron chi connectivity index (χ4n) is 2.80. The fraction of sp³-hybridized carbons (Fsp3) is 0.267. The summed E-state index contributed by atoms with van der Waals surface area (Å²) in [5, 5.41) is 24.1. The van der Waals surface area contributed by atoms with Crippen LogP contribution in [0.2, 0.25) is 0 Å². The highest BCUT2D eigenvalue weighted by molar-refractivity contribution is 7.87. The van der Waals surface area contributed by atoms with Crippen molar-refractivity contribution in [3.63, 3.8) is 0 Å². The minimum absolute atomic E-state index is 0.00907. The molecule has 1 amide bonds. The number of aromatic nitrogens is 1. The monoisotopic (exact) mass is 366 g/mol. The molecule has 134 valence electrons. The van der Waals surface area contributed by atoms with Gasteiger partial charge in [0.2, 0.25) is 0 Å². The van der Waals surface area contributed by atoms with Crippen LogP contribution in [0.15, 0.2) is 36.5 Å². The van der Waals surface area contributed by atoms with Crippen LogP contribution in [0, 0.1) is 0 Å². The molecule has 0 radical (unpaired) electrons. The largest absolute Gasteiger partial charge is 0.363 e. The first-order valence-electron chi connectivity index (χ1n) is 7.44. The van der Waals surface area contributed by atoms with Gasteiger partial charge in [-0.2, -0.15) is 8.42 Å². The molecule has 1 aromatic heterocycles. The number of likely N-dealkylation sites (tertiary alicyclic amines) is 1. The van der Waals surface area contributed by atoms with Gasteiger partial charge in [0.25, 0.3) is 5.91 Å². The van der Waals surface area contributed by atoms with Gasteiger partial charge in [0.15, 0.2) is 6.29 Å². The summed E-state index contributed by atoms with van der Waals surface area (Å²) in [6.07, 6.45) is -0.896. The molecule has 0 atom stereocenters. The first-order chi connectivity index (χ1) is 11.7. The van der Waals surface area contributed by atoms with E-state index in [0.717, 1.165) is 6.20 Å². The zero-order valence-corrected chi connectivity index (χ0v) is 13.9. The molecule has 2 aromatic rings. The highest BCUT2D eigenvalue weighted by Crippen LogP contribution is 2.30. The summed E-state index contributed by atoms with van der Waals surface area (Å²) in [6.45, 7) is 1.03. The van der Waals surface area contributed by atoms with Crippen molar-refractivity contribution in [2.75, 3.05) is 13.1 Å². The van der Waals surface area contributed by atoms with E-state index in [2.05, 4.69) is 0 Å². The molecule has 25 heavy (non-hydrogen) atoms. The molecule has 2 heterocycles. The van der Waals surface area contributed by atoms with Crippen molar-refractivity contribution < 1.29 is 23.4 Å². The number of aliphatic hydroxyl groups is 2. The zero-order chi connectivity index (χ0) is 18.4. The third-order valence-electron chi connectivity index (χ3n) is 4.05. The van der Waals surface area contributed by atoms with Crippen LogP contribution in [0.3, 0.4) is 0 Å². The maximum absolute atomic E-state index is 12.2. The van der Waals surface area contributed by atoms with E-state index in [0.29, 0.717) is 28.2 Å². The first kappa shape index (κ1) is 17.6. The van der Waals surface area contributed by atoms with Crippen molar-refractivity contribution in [3.05, 3.63) is 47.8 Å². The Bertz CT molecular complexity index is 899. The van der Waals surface area contributed by atoms with Crippen LogP contribution in [0.5, 0.6) is 0 Å². The van der Waals surface area contributed by atoms with Crippen molar-refractivity contribution in [1.82, 2.24) is 8.87 Å². The van der Waals surface area contributed by atoms with E-state index >= 15 is 0 Å². The minimum atomic E-state index is -4.18. The van der Waals surface area contributed by atoms with Crippen LogP contribution in [0.25, 0.3) is 11.1 Å². The Balaban J connectivity index is 1.93. The van der Waals surface area contributed by atoms with Crippen LogP contribution in [-0.2, 0) is 10.2 Å². The van der Waals surface area contributed by atoms with E-state index in [4.69, 9.17) is 10.9 Å². The van der Waals surface area contributed by atoms with Crippen LogP contribution in [0.1, 0.15) is 22.3 Å². The molecule has 1 saturated heterocycles. The summed E-state index contributed by atoms with van der Waals surface area (Å²) in [4.78, 5) is 13.8. The van der Waals surface area contributed by atoms with Gasteiger partial charge in [0.1, 0.15) is 0 Å². The molecule has 0 spiro atoms. The Morgan fingerprint density at radius 1 is 1.16 bits per heavy atom. The van der Waals surface area contributed by atoms with Gasteiger partial charge in [-0.05, 0) is 23.8 Å². The molecule has 10 heteroatoms. The number of nitrogens with zero attached hydrogens (tertiary/aromatic N) is 2. The second-order valence-corrected chi connectivity index (χ2v) is 7.30. The molecular weight excluding hydrogens is 348 g/mol. The summed E-state index contributed by atoms with van der Waals surface area (Å²) in [6, 6.07) is 7.79. The molecule has 1 fully saturated rings. The minimum Gasteiger partial charge on any atom is -0.363 e. The zero-order valence-electron chi connectivity index (χ0n) is 13.1. The van der Waals surface area contributed by atoms with E-state index in [1.165, 1.54) is 6.07 Å². The Morgan fingerprint density at radius 3 is 2.24 bits per heavy atom. The van der Waals surface area contributed by atoms with Crippen LogP contribution < -0.4 is 10.9 Å². The molecule has 0 bridgehead atoms. The molecule has 6 N–H and O–H groups in total. The number of hydrogen-bond donors (Lipinski definition) is 4. The predicted molar refractivity (Wildman–Crippen MR) is 89.4 cm³/mol. The maximum Gasteiger partial charge on any atom is 0.302 e. The topological polar surface area (TPSA) is 152 Å². The van der Waals surface area contributed by atoms with Crippen LogP contribution in [-0.4, -0.2) is 52.5 Å². The van der Waals surface area contributed by atoms with E-state index in [-0.39, 0.29) is 23.2 Å². The molecule has 1 aliphatic heterocycles. The Morgan fingerprint density at radius 2 is 1.76 bits per heavy atom. The molecule has 0 aliphatic carbocycles. The van der Waals surface area contributed by atoms with Crippen LogP contribution >= 0.6 is 0 Å². The molecule has 1 aliphatic rings. The Labute approximate surface area is 144 Å². The summed E-state index contributed by atoms with van der Waals surface area (Å²) >= 11 is 0. The lowest BCUT2D eigenvalue weighted by molar-refractivity contribution is -0.0458. The molecule has 0 unspecified atom stereocenters. The highest BCUT2D eigenvalue weighted by Gasteiger charge is 2.28. The molecule has 0 saturated carbocycles. The number of rotatable bonds is 4. The quantitative estimate of drug-likeness (QED) is 0.508. The van der Waals surface area contributed by atoms with Gasteiger partial charge in [0.05, 0.1) is 5.69 Å². The molecular formula is C15H18N4O5S. The lowest BCUT2D eigenvalue weighted by Crippen LogP contribution is -2.57. The number of carbonyl (C=O) groups excluding carboxylic acids is 1. The molecule has 3 rings (SSSR count). The average molecular weight is 366 g/mol. The maximum atomic E-state index is 12.2. The number of benzene rings is 1. The van der Waals surface area contributed by atoms with Gasteiger partial charge < -0.3 is 20.8 Å². The number of hydrogen-bond acceptors (Lipinski definition) is 6. The predicted octanol–water partition coefficient (Wildman–Crippen LogP) is -1.03. The normalized spacial score (nSPS) is 15.5. The standard InChI is InChI=1S/C15H18N4O5S/c16-11-7-18(8-11)14(20)10-3-1-9(2-4-10)12-5-6-19(25(17,23)24)13(12)15(21)22/h1-6,11,15,21-22H,7-8,16H2,(H2,17,23,24). The number of amides is 1. The molecule has 1 aromatic carbocycles. The first-order valence-corrected chi connectivity index (χ1v) is 8.95. The van der Waals surface area contributed by atoms with Gasteiger partial charge >= 0.3 is 10.2 Å². The van der Waals surface area contributed by atoms with Gasteiger partial charge in [-0.25, -0.2) is 9.11 Å². The van der Waals surface area contributed by atoms with Crippen LogP contribution in [0.4, 0.5) is 0 Å². The van der Waals surface area contributed by atoms with E-state index in [9.17, 15) is 23.4 Å². The summed E-state index contributed by atoms with van der Waals surface area (Å²) in [5.41, 5.74) is 6.66. The third-order valence-corrected chi connectivity index (χ3v) is 4.92. The highest BCUT2D eigenvalue weighted by atomic mass is 32.2. The second-order valence-electron chi connectivity index (χ2n) is 5.88. The fourth-order valence-corrected chi connectivity index (χ4v) is 3.50. The Kier molecular flexibility index (Phi) is 4.39. The van der Waals surface area contributed by atoms with Crippen molar-refractivity contribution >= 4 is 16.1 Å². The van der Waals surface area contributed by atoms with E-state index in [1.807, 2.05) is 0 Å². The Hall–Kier alpha value is -2.24. The van der Waals surface area contributed by atoms with Gasteiger partial charge in [0, 0.05) is 36.5 Å². The molecule has 9 nitrogen and oxygen atoms in total. The lowest BCUT2D eigenvalue weighted by atomic mass is 10.0. The van der Waals surface area contributed by atoms with Crippen molar-refractivity contribution in [1.29, 1.82) is 0 Å². The smallest absolute Gasteiger partial charge is 0.302 e. The second kappa shape index (κ2) is 6.24. The van der Waals surface area contributed by atoms with E-state index in [1.54, 1.807) is 29.2 Å². The summed E-state index contributed by atoms with van der Waals surface area (Å²) in [5.74, 6) is -0.141. The van der Waals surface area contributed by atoms with Gasteiger partial charge in [-0.1, -0.05) is 12.1 Å². The SMILES string of the molecule is NC1CN(C(=O)c2ccc(-c3ccn(S(N)(=O)=O)c3C(O)O)cc2)C1. The van der Waals surface area contributed by atoms with Crippen molar-refractivity contribution in [3.8, 4) is 11.1 Å². The lowest BCUT2D eigenvalue weighted by Gasteiger charge is -2.36. The van der Waals surface area contributed by atoms with Gasteiger partial charge in [-0.15, -0.1) is 0 Å². The van der Waals surface area contributed by atoms with Gasteiger partial charge in [-0.3, -0.25) is 4.79 Å². The number of aliphatic hydroxyl groups excluding tert-OH is 1. The van der Waals surface area contributed by atoms with Crippen molar-refractivity contribution in [2.24, 2.45) is 10.9 Å². The van der Waals surface area contributed by atoms with Crippen molar-refractivity contribution in [2.45, 2.75) is 12.3 Å². The number of carbonyl (C=O) groups is 1.